The molecule has 1 aromatic rings. The number of hydrogen-bond donors (Lipinski definition) is 1. The zero-order valence-electron chi connectivity index (χ0n) is 11.6. The van der Waals surface area contributed by atoms with E-state index in [1.165, 1.54) is 4.31 Å². The largest absolute Gasteiger partial charge is 0.326 e. The molecule has 1 saturated carbocycles. The molecule has 2 rings (SSSR count). The molecule has 1 fully saturated rings. The van der Waals surface area contributed by atoms with Crippen molar-refractivity contribution >= 4 is 10.0 Å². The Morgan fingerprint density at radius 1 is 1.32 bits per heavy atom. The third-order valence-corrected chi connectivity index (χ3v) is 5.96. The monoisotopic (exact) mass is 282 g/mol. The molecule has 0 saturated heterocycles. The van der Waals surface area contributed by atoms with Crippen LogP contribution in [0.25, 0.3) is 0 Å². The minimum Gasteiger partial charge on any atom is -0.326 e. The zero-order chi connectivity index (χ0) is 14.0. The second-order valence-electron chi connectivity index (χ2n) is 5.25. The predicted molar refractivity (Wildman–Crippen MR) is 76.3 cm³/mol. The van der Waals surface area contributed by atoms with E-state index in [1.807, 2.05) is 13.0 Å². The van der Waals surface area contributed by atoms with Gasteiger partial charge in [-0.25, -0.2) is 8.42 Å². The van der Waals surface area contributed by atoms with Crippen molar-refractivity contribution < 1.29 is 8.42 Å². The zero-order valence-corrected chi connectivity index (χ0v) is 12.4. The third kappa shape index (κ3) is 2.83. The summed E-state index contributed by atoms with van der Waals surface area (Å²) in [4.78, 5) is 0.372. The first-order valence-electron chi connectivity index (χ1n) is 6.74. The van der Waals surface area contributed by atoms with Gasteiger partial charge in [-0.05, 0) is 43.0 Å². The first-order valence-corrected chi connectivity index (χ1v) is 8.18. The normalized spacial score (nSPS) is 17.3. The van der Waals surface area contributed by atoms with Crippen LogP contribution in [0, 0.1) is 6.92 Å². The van der Waals surface area contributed by atoms with Crippen LogP contribution in [0.15, 0.2) is 23.1 Å². The molecular weight excluding hydrogens is 260 g/mol. The van der Waals surface area contributed by atoms with Gasteiger partial charge in [0.1, 0.15) is 0 Å². The van der Waals surface area contributed by atoms with Crippen LogP contribution in [-0.4, -0.2) is 25.8 Å². The van der Waals surface area contributed by atoms with E-state index in [0.29, 0.717) is 11.4 Å². The fourth-order valence-electron chi connectivity index (χ4n) is 2.69. The van der Waals surface area contributed by atoms with E-state index in [0.717, 1.165) is 36.8 Å². The van der Waals surface area contributed by atoms with Crippen molar-refractivity contribution in [2.45, 2.75) is 50.1 Å². The van der Waals surface area contributed by atoms with Crippen LogP contribution in [-0.2, 0) is 16.6 Å². The summed E-state index contributed by atoms with van der Waals surface area (Å²) in [6.45, 7) is 2.33. The van der Waals surface area contributed by atoms with E-state index >= 15 is 0 Å². The summed E-state index contributed by atoms with van der Waals surface area (Å²) in [6.07, 6.45) is 4.18. The summed E-state index contributed by atoms with van der Waals surface area (Å²) in [7, 11) is -1.69. The molecule has 0 aromatic heterocycles. The molecule has 19 heavy (non-hydrogen) atoms. The van der Waals surface area contributed by atoms with Gasteiger partial charge >= 0.3 is 0 Å². The standard InChI is InChI=1S/C14H22N2O2S/c1-11-9-14(8-7-12(11)10-15)19(17,18)16(2)13-5-3-4-6-13/h7-9,13H,3-6,10,15H2,1-2H3. The number of nitrogens with two attached hydrogens (primary N) is 1. The molecule has 1 aliphatic carbocycles. The molecule has 1 aliphatic rings. The van der Waals surface area contributed by atoms with Gasteiger partial charge in [-0.15, -0.1) is 0 Å². The summed E-state index contributed by atoms with van der Waals surface area (Å²) < 4.78 is 26.7. The second-order valence-corrected chi connectivity index (χ2v) is 7.25. The Kier molecular flexibility index (Phi) is 4.28. The summed E-state index contributed by atoms with van der Waals surface area (Å²) in [5, 5.41) is 0. The average molecular weight is 282 g/mol. The van der Waals surface area contributed by atoms with Crippen LogP contribution >= 0.6 is 0 Å². The van der Waals surface area contributed by atoms with Gasteiger partial charge in [0.05, 0.1) is 4.90 Å². The number of benzene rings is 1. The number of aryl methyl sites for hydroxylation is 1. The first-order chi connectivity index (χ1) is 8.96. The Balaban J connectivity index is 2.30. The van der Waals surface area contributed by atoms with Gasteiger partial charge in [0.25, 0.3) is 0 Å². The van der Waals surface area contributed by atoms with E-state index in [-0.39, 0.29) is 6.04 Å². The van der Waals surface area contributed by atoms with Gasteiger partial charge in [0.15, 0.2) is 0 Å². The SMILES string of the molecule is Cc1cc(S(=O)(=O)N(C)C2CCCC2)ccc1CN. The first kappa shape index (κ1) is 14.5. The minimum absolute atomic E-state index is 0.152. The molecule has 0 radical (unpaired) electrons. The van der Waals surface area contributed by atoms with Gasteiger partial charge in [0, 0.05) is 19.6 Å². The Labute approximate surface area is 115 Å². The van der Waals surface area contributed by atoms with E-state index in [4.69, 9.17) is 5.73 Å². The van der Waals surface area contributed by atoms with Crippen molar-refractivity contribution in [2.75, 3.05) is 7.05 Å². The Hall–Kier alpha value is -0.910. The van der Waals surface area contributed by atoms with Crippen molar-refractivity contribution in [2.24, 2.45) is 5.73 Å². The van der Waals surface area contributed by atoms with Gasteiger partial charge < -0.3 is 5.73 Å². The summed E-state index contributed by atoms with van der Waals surface area (Å²) in [5.41, 5.74) is 7.53. The maximum atomic E-state index is 12.6. The lowest BCUT2D eigenvalue weighted by atomic mass is 10.1. The van der Waals surface area contributed by atoms with Gasteiger partial charge in [-0.2, -0.15) is 4.31 Å². The Bertz CT molecular complexity index is 549. The topological polar surface area (TPSA) is 63.4 Å². The maximum Gasteiger partial charge on any atom is 0.243 e. The molecule has 0 bridgehead atoms. The van der Waals surface area contributed by atoms with E-state index in [9.17, 15) is 8.42 Å². The predicted octanol–water partition coefficient (Wildman–Crippen LogP) is 2.02. The average Bonchev–Trinajstić information content (AvgIpc) is 2.91. The molecule has 0 spiro atoms. The Morgan fingerprint density at radius 2 is 1.95 bits per heavy atom. The van der Waals surface area contributed by atoms with Crippen LogP contribution in [0.5, 0.6) is 0 Å². The number of nitrogens with zero attached hydrogens (tertiary/aromatic N) is 1. The van der Waals surface area contributed by atoms with Crippen molar-refractivity contribution in [3.63, 3.8) is 0 Å². The fraction of sp³-hybridized carbons (Fsp3) is 0.571. The molecule has 5 heteroatoms. The molecule has 0 atom stereocenters. The van der Waals surface area contributed by atoms with E-state index < -0.39 is 10.0 Å². The highest BCUT2D eigenvalue weighted by Gasteiger charge is 2.30. The van der Waals surface area contributed by atoms with Gasteiger partial charge in [0.2, 0.25) is 10.0 Å². The highest BCUT2D eigenvalue weighted by molar-refractivity contribution is 7.89. The lowest BCUT2D eigenvalue weighted by Crippen LogP contribution is -2.35. The molecule has 106 valence electrons. The van der Waals surface area contributed by atoms with Crippen molar-refractivity contribution in [1.82, 2.24) is 4.31 Å². The van der Waals surface area contributed by atoms with Crippen LogP contribution in [0.1, 0.15) is 36.8 Å². The minimum atomic E-state index is -3.38. The lowest BCUT2D eigenvalue weighted by molar-refractivity contribution is 0.373. The summed E-state index contributed by atoms with van der Waals surface area (Å²) in [6, 6.07) is 5.35. The van der Waals surface area contributed by atoms with Crippen molar-refractivity contribution in [1.29, 1.82) is 0 Å². The molecular formula is C14H22N2O2S. The summed E-state index contributed by atoms with van der Waals surface area (Å²) in [5.74, 6) is 0. The number of sulfonamides is 1. The third-order valence-electron chi connectivity index (χ3n) is 4.05. The van der Waals surface area contributed by atoms with Gasteiger partial charge in [-0.3, -0.25) is 0 Å². The fourth-order valence-corrected chi connectivity index (χ4v) is 4.19. The molecule has 0 amide bonds. The van der Waals surface area contributed by atoms with E-state index in [1.54, 1.807) is 19.2 Å². The quantitative estimate of drug-likeness (QED) is 0.919. The maximum absolute atomic E-state index is 12.6. The van der Waals surface area contributed by atoms with Crippen LogP contribution in [0.3, 0.4) is 0 Å². The number of rotatable bonds is 4. The molecule has 4 nitrogen and oxygen atoms in total. The Morgan fingerprint density at radius 3 is 2.47 bits per heavy atom. The molecule has 0 unspecified atom stereocenters. The highest BCUT2D eigenvalue weighted by Crippen LogP contribution is 2.27. The van der Waals surface area contributed by atoms with Crippen LogP contribution < -0.4 is 5.73 Å². The van der Waals surface area contributed by atoms with Crippen molar-refractivity contribution in [3.8, 4) is 0 Å². The van der Waals surface area contributed by atoms with E-state index in [2.05, 4.69) is 0 Å². The highest BCUT2D eigenvalue weighted by atomic mass is 32.2. The van der Waals surface area contributed by atoms with Gasteiger partial charge in [-0.1, -0.05) is 18.9 Å². The lowest BCUT2D eigenvalue weighted by Gasteiger charge is -2.24. The number of hydrogen-bond acceptors (Lipinski definition) is 3. The van der Waals surface area contributed by atoms with Crippen LogP contribution in [0.2, 0.25) is 0 Å². The molecule has 1 aromatic carbocycles. The second kappa shape index (κ2) is 5.61. The smallest absolute Gasteiger partial charge is 0.243 e. The molecule has 0 heterocycles. The molecule has 0 aliphatic heterocycles. The molecule has 2 N–H and O–H groups in total. The van der Waals surface area contributed by atoms with Crippen molar-refractivity contribution in [3.05, 3.63) is 29.3 Å². The van der Waals surface area contributed by atoms with Crippen LogP contribution in [0.4, 0.5) is 0 Å². The summed E-state index contributed by atoms with van der Waals surface area (Å²) >= 11 is 0.